The van der Waals surface area contributed by atoms with Gasteiger partial charge in [-0.25, -0.2) is 9.97 Å². The van der Waals surface area contributed by atoms with E-state index in [2.05, 4.69) is 164 Å². The van der Waals surface area contributed by atoms with Crippen molar-refractivity contribution in [1.82, 2.24) is 15.0 Å². The summed E-state index contributed by atoms with van der Waals surface area (Å²) < 4.78 is 6.69. The van der Waals surface area contributed by atoms with E-state index in [-0.39, 0.29) is 0 Å². The van der Waals surface area contributed by atoms with E-state index in [4.69, 9.17) is 19.7 Å². The standard InChI is InChI=1S/C56H35N3O/c1-3-13-37(14-4-1)50-35-51(38-15-5-2-6-16-38)59-55(58-50)40-26-24-36(25-27-40)41-28-30-44-45-31-29-42(43-19-11-17-39-18-12-32-57-54(39)43)34-49(45)56(48(44)33-41)46-20-7-9-22-52(46)60-53-23-10-8-21-47(53)56/h1-35H. The van der Waals surface area contributed by atoms with Crippen LogP contribution in [0, 0.1) is 0 Å². The Morgan fingerprint density at radius 3 is 1.53 bits per heavy atom. The van der Waals surface area contributed by atoms with Crippen LogP contribution < -0.4 is 4.74 Å². The quantitative estimate of drug-likeness (QED) is 0.175. The third-order valence-electron chi connectivity index (χ3n) is 12.2. The summed E-state index contributed by atoms with van der Waals surface area (Å²) in [6, 6.07) is 73.0. The van der Waals surface area contributed by atoms with Gasteiger partial charge < -0.3 is 4.74 Å². The van der Waals surface area contributed by atoms with Gasteiger partial charge in [0.05, 0.1) is 22.3 Å². The van der Waals surface area contributed by atoms with Gasteiger partial charge in [-0.15, -0.1) is 0 Å². The van der Waals surface area contributed by atoms with Crippen molar-refractivity contribution >= 4 is 10.9 Å². The summed E-state index contributed by atoms with van der Waals surface area (Å²) in [5.41, 5.74) is 16.9. The molecule has 0 saturated carbocycles. The maximum atomic E-state index is 6.69. The van der Waals surface area contributed by atoms with Crippen molar-refractivity contribution in [2.45, 2.75) is 5.41 Å². The lowest BCUT2D eigenvalue weighted by Crippen LogP contribution is -2.32. The largest absolute Gasteiger partial charge is 0.457 e. The molecule has 0 radical (unpaired) electrons. The van der Waals surface area contributed by atoms with Crippen molar-refractivity contribution < 1.29 is 4.74 Å². The number of hydrogen-bond donors (Lipinski definition) is 0. The average Bonchev–Trinajstić information content (AvgIpc) is 3.61. The second kappa shape index (κ2) is 13.6. The Balaban J connectivity index is 1.02. The van der Waals surface area contributed by atoms with Crippen molar-refractivity contribution in [3.63, 3.8) is 0 Å². The Hall–Kier alpha value is -7.95. The van der Waals surface area contributed by atoms with Gasteiger partial charge in [-0.3, -0.25) is 4.98 Å². The Morgan fingerprint density at radius 1 is 0.350 bits per heavy atom. The topological polar surface area (TPSA) is 47.9 Å². The Bertz CT molecular complexity index is 3180. The fourth-order valence-electron chi connectivity index (χ4n) is 9.48. The minimum Gasteiger partial charge on any atom is -0.457 e. The second-order valence-corrected chi connectivity index (χ2v) is 15.5. The van der Waals surface area contributed by atoms with Crippen LogP contribution in [-0.4, -0.2) is 15.0 Å². The van der Waals surface area contributed by atoms with Gasteiger partial charge in [0, 0.05) is 45.0 Å². The zero-order chi connectivity index (χ0) is 39.6. The molecule has 0 fully saturated rings. The molecule has 1 spiro atoms. The Morgan fingerprint density at radius 2 is 0.883 bits per heavy atom. The smallest absolute Gasteiger partial charge is 0.160 e. The molecule has 4 nitrogen and oxygen atoms in total. The van der Waals surface area contributed by atoms with Crippen molar-refractivity contribution in [2.24, 2.45) is 0 Å². The zero-order valence-corrected chi connectivity index (χ0v) is 32.5. The van der Waals surface area contributed by atoms with E-state index >= 15 is 0 Å². The number of aromatic nitrogens is 3. The fraction of sp³-hybridized carbons (Fsp3) is 0.0179. The summed E-state index contributed by atoms with van der Waals surface area (Å²) in [4.78, 5) is 15.0. The maximum Gasteiger partial charge on any atom is 0.160 e. The highest BCUT2D eigenvalue weighted by Gasteiger charge is 2.51. The highest BCUT2D eigenvalue weighted by atomic mass is 16.5. The zero-order valence-electron chi connectivity index (χ0n) is 32.5. The monoisotopic (exact) mass is 765 g/mol. The van der Waals surface area contributed by atoms with Crippen LogP contribution in [0.25, 0.3) is 78.2 Å². The van der Waals surface area contributed by atoms with Gasteiger partial charge in [-0.2, -0.15) is 0 Å². The predicted octanol–water partition coefficient (Wildman–Crippen LogP) is 13.8. The van der Waals surface area contributed by atoms with Crippen LogP contribution in [0.1, 0.15) is 22.3 Å². The molecule has 10 aromatic rings. The number of fused-ring (bicyclic) bond motifs is 10. The molecule has 3 heterocycles. The first kappa shape index (κ1) is 34.1. The van der Waals surface area contributed by atoms with Gasteiger partial charge in [-0.05, 0) is 75.3 Å². The SMILES string of the molecule is c1ccc(-c2cc(-c3ccccc3)nc(-c3ccc(-c4ccc5c(c4)C4(c6ccccc6Oc6ccccc64)c4cc(-c6cccc7cccnc67)ccc4-5)cc3)n2)cc1. The van der Waals surface area contributed by atoms with E-state index in [1.54, 1.807) is 0 Å². The lowest BCUT2D eigenvalue weighted by Gasteiger charge is -2.39. The molecule has 280 valence electrons. The summed E-state index contributed by atoms with van der Waals surface area (Å²) in [7, 11) is 0. The number of ether oxygens (including phenoxy) is 1. The lowest BCUT2D eigenvalue weighted by atomic mass is 9.65. The summed E-state index contributed by atoms with van der Waals surface area (Å²) in [5, 5.41) is 1.12. The number of nitrogens with zero attached hydrogens (tertiary/aromatic N) is 3. The Kier molecular flexibility index (Phi) is 7.72. The lowest BCUT2D eigenvalue weighted by molar-refractivity contribution is 0.436. The third kappa shape index (κ3) is 5.28. The number of para-hydroxylation sites is 3. The number of rotatable bonds is 5. The molecule has 12 rings (SSSR count). The van der Waals surface area contributed by atoms with Gasteiger partial charge in [0.15, 0.2) is 5.82 Å². The number of hydrogen-bond acceptors (Lipinski definition) is 4. The fourth-order valence-corrected chi connectivity index (χ4v) is 9.48. The molecule has 60 heavy (non-hydrogen) atoms. The molecule has 0 N–H and O–H groups in total. The molecule has 2 aromatic heterocycles. The first-order valence-electron chi connectivity index (χ1n) is 20.3. The van der Waals surface area contributed by atoms with Gasteiger partial charge >= 0.3 is 0 Å². The van der Waals surface area contributed by atoms with Crippen LogP contribution >= 0.6 is 0 Å². The van der Waals surface area contributed by atoms with Crippen LogP contribution in [-0.2, 0) is 5.41 Å². The molecule has 1 aliphatic carbocycles. The maximum absolute atomic E-state index is 6.69. The second-order valence-electron chi connectivity index (χ2n) is 15.5. The molecule has 4 heteroatoms. The van der Waals surface area contributed by atoms with Crippen molar-refractivity contribution in [3.8, 4) is 78.8 Å². The van der Waals surface area contributed by atoms with Crippen LogP contribution in [0.4, 0.5) is 0 Å². The Labute approximate surface area is 348 Å². The van der Waals surface area contributed by atoms with Gasteiger partial charge in [0.25, 0.3) is 0 Å². The first-order valence-corrected chi connectivity index (χ1v) is 20.3. The molecule has 2 aliphatic rings. The number of pyridine rings is 1. The first-order chi connectivity index (χ1) is 29.7. The minimum atomic E-state index is -0.625. The summed E-state index contributed by atoms with van der Waals surface area (Å²) in [5.74, 6) is 2.43. The molecule has 0 saturated heterocycles. The van der Waals surface area contributed by atoms with Crippen LogP contribution in [0.3, 0.4) is 0 Å². The highest BCUT2D eigenvalue weighted by Crippen LogP contribution is 2.63. The summed E-state index contributed by atoms with van der Waals surface area (Å²) in [6.45, 7) is 0. The van der Waals surface area contributed by atoms with E-state index < -0.39 is 5.41 Å². The summed E-state index contributed by atoms with van der Waals surface area (Å²) >= 11 is 0. The van der Waals surface area contributed by atoms with Crippen molar-refractivity contribution in [2.75, 3.05) is 0 Å². The highest BCUT2D eigenvalue weighted by molar-refractivity contribution is 5.97. The number of benzene rings is 8. The average molecular weight is 766 g/mol. The van der Waals surface area contributed by atoms with Gasteiger partial charge in [0.2, 0.25) is 0 Å². The van der Waals surface area contributed by atoms with Crippen LogP contribution in [0.15, 0.2) is 212 Å². The van der Waals surface area contributed by atoms with Crippen LogP contribution in [0.5, 0.6) is 11.5 Å². The van der Waals surface area contributed by atoms with Crippen LogP contribution in [0.2, 0.25) is 0 Å². The van der Waals surface area contributed by atoms with Crippen molar-refractivity contribution in [1.29, 1.82) is 0 Å². The van der Waals surface area contributed by atoms with E-state index in [0.29, 0.717) is 5.82 Å². The van der Waals surface area contributed by atoms with Gasteiger partial charge in [0.1, 0.15) is 11.5 Å². The molecule has 0 atom stereocenters. The van der Waals surface area contributed by atoms with E-state index in [1.807, 2.05) is 48.7 Å². The molecule has 0 bridgehead atoms. The van der Waals surface area contributed by atoms with Crippen molar-refractivity contribution in [3.05, 3.63) is 235 Å². The van der Waals surface area contributed by atoms with E-state index in [0.717, 1.165) is 83.9 Å². The molecule has 0 amide bonds. The van der Waals surface area contributed by atoms with E-state index in [1.165, 1.54) is 22.3 Å². The minimum absolute atomic E-state index is 0.625. The van der Waals surface area contributed by atoms with Gasteiger partial charge in [-0.1, -0.05) is 170 Å². The molecule has 8 aromatic carbocycles. The molecule has 1 aliphatic heterocycles. The summed E-state index contributed by atoms with van der Waals surface area (Å²) in [6.07, 6.45) is 1.88. The molecule has 0 unspecified atom stereocenters. The van der Waals surface area contributed by atoms with E-state index in [9.17, 15) is 0 Å². The normalized spacial score (nSPS) is 12.9. The molecular formula is C56H35N3O. The predicted molar refractivity (Wildman–Crippen MR) is 242 cm³/mol. The third-order valence-corrected chi connectivity index (χ3v) is 12.2. The molecular weight excluding hydrogens is 731 g/mol.